The summed E-state index contributed by atoms with van der Waals surface area (Å²) in [5, 5.41) is 8.75. The topological polar surface area (TPSA) is 45.1 Å². The Kier molecular flexibility index (Phi) is 5.28. The monoisotopic (exact) mass is 316 g/mol. The Bertz CT molecular complexity index is 544. The zero-order chi connectivity index (χ0) is 16.2. The van der Waals surface area contributed by atoms with Gasteiger partial charge < -0.3 is 14.7 Å². The molecule has 0 amide bonds. The van der Waals surface area contributed by atoms with E-state index in [1.807, 2.05) is 4.90 Å². The standard InChI is InChI=1S/C15H19F3N2O2/c1-11-4-2-5-13(22-15(16,17)18)14(11)20-8-6-12(10-20)19-7-3-9-21/h2,4-5,21H,3,6-10H2,1H3. The molecule has 1 aromatic rings. The molecule has 0 unspecified atom stereocenters. The molecular weight excluding hydrogens is 297 g/mol. The molecule has 0 atom stereocenters. The Balaban J connectivity index is 2.17. The Hall–Kier alpha value is -1.76. The highest BCUT2D eigenvalue weighted by Crippen LogP contribution is 2.36. The first-order valence-electron chi connectivity index (χ1n) is 7.14. The number of aliphatic hydroxyl groups excluding tert-OH is 1. The number of aliphatic imine (C=N–C) groups is 1. The summed E-state index contributed by atoms with van der Waals surface area (Å²) in [6, 6.07) is 4.64. The van der Waals surface area contributed by atoms with Crippen molar-refractivity contribution >= 4 is 11.4 Å². The third-order valence-electron chi connectivity index (χ3n) is 3.44. The Labute approximate surface area is 127 Å². The van der Waals surface area contributed by atoms with Gasteiger partial charge in [0.2, 0.25) is 0 Å². The number of aryl methyl sites for hydroxylation is 1. The summed E-state index contributed by atoms with van der Waals surface area (Å²) < 4.78 is 41.7. The Morgan fingerprint density at radius 2 is 2.14 bits per heavy atom. The van der Waals surface area contributed by atoms with E-state index in [-0.39, 0.29) is 12.4 Å². The first kappa shape index (κ1) is 16.6. The average molecular weight is 316 g/mol. The minimum Gasteiger partial charge on any atom is -0.404 e. The molecule has 1 saturated heterocycles. The van der Waals surface area contributed by atoms with Crippen LogP contribution in [0, 0.1) is 6.92 Å². The Morgan fingerprint density at radius 3 is 2.82 bits per heavy atom. The first-order valence-corrected chi connectivity index (χ1v) is 7.14. The maximum absolute atomic E-state index is 12.5. The molecule has 0 bridgehead atoms. The number of aliphatic hydroxyl groups is 1. The van der Waals surface area contributed by atoms with Gasteiger partial charge in [-0.3, -0.25) is 4.99 Å². The van der Waals surface area contributed by atoms with E-state index in [4.69, 9.17) is 5.11 Å². The molecular formula is C15H19F3N2O2. The Morgan fingerprint density at radius 1 is 1.36 bits per heavy atom. The number of benzene rings is 1. The van der Waals surface area contributed by atoms with E-state index in [0.29, 0.717) is 38.2 Å². The maximum atomic E-state index is 12.5. The van der Waals surface area contributed by atoms with E-state index < -0.39 is 6.36 Å². The molecule has 7 heteroatoms. The normalized spacial score (nSPS) is 17.3. The van der Waals surface area contributed by atoms with E-state index in [0.717, 1.165) is 11.3 Å². The molecule has 22 heavy (non-hydrogen) atoms. The van der Waals surface area contributed by atoms with Gasteiger partial charge in [-0.1, -0.05) is 12.1 Å². The van der Waals surface area contributed by atoms with Crippen molar-refractivity contribution in [1.82, 2.24) is 0 Å². The minimum atomic E-state index is -4.71. The molecule has 2 rings (SSSR count). The van der Waals surface area contributed by atoms with Crippen molar-refractivity contribution in [3.63, 3.8) is 0 Å². The molecule has 0 radical (unpaired) electrons. The van der Waals surface area contributed by atoms with Gasteiger partial charge in [-0.25, -0.2) is 0 Å². The summed E-state index contributed by atoms with van der Waals surface area (Å²) in [5.74, 6) is -0.177. The number of alkyl halides is 3. The molecule has 1 N–H and O–H groups in total. The van der Waals surface area contributed by atoms with Crippen LogP contribution in [-0.2, 0) is 0 Å². The van der Waals surface area contributed by atoms with Gasteiger partial charge in [-0.15, -0.1) is 13.2 Å². The number of hydrogen-bond acceptors (Lipinski definition) is 4. The van der Waals surface area contributed by atoms with Crippen molar-refractivity contribution in [2.75, 3.05) is 31.1 Å². The van der Waals surface area contributed by atoms with Crippen LogP contribution in [0.25, 0.3) is 0 Å². The number of ether oxygens (including phenoxy) is 1. The summed E-state index contributed by atoms with van der Waals surface area (Å²) >= 11 is 0. The second-order valence-corrected chi connectivity index (χ2v) is 5.17. The predicted octanol–water partition coefficient (Wildman–Crippen LogP) is 2.93. The van der Waals surface area contributed by atoms with E-state index >= 15 is 0 Å². The van der Waals surface area contributed by atoms with Crippen molar-refractivity contribution in [2.24, 2.45) is 4.99 Å². The van der Waals surface area contributed by atoms with Crippen LogP contribution in [0.4, 0.5) is 18.9 Å². The quantitative estimate of drug-likeness (QED) is 0.850. The zero-order valence-corrected chi connectivity index (χ0v) is 12.4. The smallest absolute Gasteiger partial charge is 0.404 e. The number of para-hydroxylation sites is 1. The van der Waals surface area contributed by atoms with Crippen LogP contribution >= 0.6 is 0 Å². The number of hydrogen-bond donors (Lipinski definition) is 1. The van der Waals surface area contributed by atoms with Crippen molar-refractivity contribution in [1.29, 1.82) is 0 Å². The summed E-state index contributed by atoms with van der Waals surface area (Å²) in [4.78, 5) is 6.23. The highest BCUT2D eigenvalue weighted by Gasteiger charge is 2.33. The highest BCUT2D eigenvalue weighted by atomic mass is 19.4. The number of halogens is 3. The third-order valence-corrected chi connectivity index (χ3v) is 3.44. The van der Waals surface area contributed by atoms with Gasteiger partial charge in [0, 0.05) is 31.8 Å². The lowest BCUT2D eigenvalue weighted by Gasteiger charge is -2.23. The van der Waals surface area contributed by atoms with Crippen molar-refractivity contribution in [3.8, 4) is 5.75 Å². The molecule has 0 saturated carbocycles. The highest BCUT2D eigenvalue weighted by molar-refractivity contribution is 5.93. The molecule has 1 aliphatic heterocycles. The summed E-state index contributed by atoms with van der Waals surface area (Å²) in [6.07, 6.45) is -3.40. The van der Waals surface area contributed by atoms with Crippen molar-refractivity contribution < 1.29 is 23.0 Å². The SMILES string of the molecule is Cc1cccc(OC(F)(F)F)c1N1CCC(=NCCCO)C1. The van der Waals surface area contributed by atoms with E-state index in [2.05, 4.69) is 9.73 Å². The fourth-order valence-electron chi connectivity index (χ4n) is 2.51. The second-order valence-electron chi connectivity index (χ2n) is 5.17. The molecule has 0 spiro atoms. The van der Waals surface area contributed by atoms with Gasteiger partial charge in [0.15, 0.2) is 5.75 Å². The lowest BCUT2D eigenvalue weighted by molar-refractivity contribution is -0.274. The van der Waals surface area contributed by atoms with Gasteiger partial charge in [0.25, 0.3) is 0 Å². The van der Waals surface area contributed by atoms with Crippen LogP contribution in [0.2, 0.25) is 0 Å². The third kappa shape index (κ3) is 4.37. The molecule has 4 nitrogen and oxygen atoms in total. The van der Waals surface area contributed by atoms with E-state index in [9.17, 15) is 13.2 Å². The molecule has 0 aromatic heterocycles. The summed E-state index contributed by atoms with van der Waals surface area (Å²) in [5.41, 5.74) is 2.14. The fourth-order valence-corrected chi connectivity index (χ4v) is 2.51. The number of anilines is 1. The second kappa shape index (κ2) is 7.00. The molecule has 1 aromatic carbocycles. The molecule has 1 heterocycles. The van der Waals surface area contributed by atoms with Crippen LogP contribution < -0.4 is 9.64 Å². The average Bonchev–Trinajstić information content (AvgIpc) is 2.86. The van der Waals surface area contributed by atoms with Crippen LogP contribution in [-0.4, -0.2) is 43.4 Å². The van der Waals surface area contributed by atoms with Gasteiger partial charge in [0.05, 0.1) is 12.2 Å². The maximum Gasteiger partial charge on any atom is 0.573 e. The van der Waals surface area contributed by atoms with Gasteiger partial charge in [0.1, 0.15) is 0 Å². The van der Waals surface area contributed by atoms with Crippen LogP contribution in [0.3, 0.4) is 0 Å². The molecule has 122 valence electrons. The predicted molar refractivity (Wildman–Crippen MR) is 78.7 cm³/mol. The van der Waals surface area contributed by atoms with E-state index in [1.165, 1.54) is 6.07 Å². The molecule has 1 fully saturated rings. The summed E-state index contributed by atoms with van der Waals surface area (Å²) in [7, 11) is 0. The van der Waals surface area contributed by atoms with Gasteiger partial charge in [-0.05, 0) is 25.0 Å². The van der Waals surface area contributed by atoms with Gasteiger partial charge in [-0.2, -0.15) is 0 Å². The number of rotatable bonds is 5. The zero-order valence-electron chi connectivity index (χ0n) is 12.4. The largest absolute Gasteiger partial charge is 0.573 e. The van der Waals surface area contributed by atoms with Gasteiger partial charge >= 0.3 is 6.36 Å². The lowest BCUT2D eigenvalue weighted by atomic mass is 10.1. The van der Waals surface area contributed by atoms with Crippen LogP contribution in [0.1, 0.15) is 18.4 Å². The van der Waals surface area contributed by atoms with Crippen LogP contribution in [0.15, 0.2) is 23.2 Å². The first-order chi connectivity index (χ1) is 10.4. The van der Waals surface area contributed by atoms with E-state index in [1.54, 1.807) is 19.1 Å². The van der Waals surface area contributed by atoms with Crippen LogP contribution in [0.5, 0.6) is 5.75 Å². The molecule has 1 aliphatic rings. The summed E-state index contributed by atoms with van der Waals surface area (Å²) in [6.45, 7) is 3.49. The van der Waals surface area contributed by atoms with Crippen molar-refractivity contribution in [3.05, 3.63) is 23.8 Å². The minimum absolute atomic E-state index is 0.0852. The molecule has 0 aliphatic carbocycles. The van der Waals surface area contributed by atoms with Crippen molar-refractivity contribution in [2.45, 2.75) is 26.1 Å². The number of nitrogens with zero attached hydrogens (tertiary/aromatic N) is 2. The fraction of sp³-hybridized carbons (Fsp3) is 0.533. The lowest BCUT2D eigenvalue weighted by Crippen LogP contribution is -2.24.